The van der Waals surface area contributed by atoms with Crippen LogP contribution in [0.3, 0.4) is 0 Å². The second kappa shape index (κ2) is 1.25. The Labute approximate surface area is 48.7 Å². The van der Waals surface area contributed by atoms with Crippen LogP contribution in [0.15, 0.2) is 6.33 Å². The number of nitrogens with one attached hydrogen (secondary N) is 1. The summed E-state index contributed by atoms with van der Waals surface area (Å²) in [6.45, 7) is 0. The molecule has 2 rings (SSSR count). The number of fused-ring (bicyclic) bond motifs is 1. The highest BCUT2D eigenvalue weighted by Crippen LogP contribution is 2.06. The van der Waals surface area contributed by atoms with Gasteiger partial charge in [-0.05, 0) is 0 Å². The lowest BCUT2D eigenvalue weighted by Gasteiger charge is -1.59. The van der Waals surface area contributed by atoms with Crippen LogP contribution >= 0.6 is 11.5 Å². The van der Waals surface area contributed by atoms with E-state index in [1.807, 2.05) is 0 Å². The monoisotopic (exact) mass is 126 g/mol. The van der Waals surface area contributed by atoms with E-state index in [0.717, 1.165) is 10.5 Å². The van der Waals surface area contributed by atoms with Gasteiger partial charge in [0.25, 0.3) is 0 Å². The van der Waals surface area contributed by atoms with Gasteiger partial charge in [0.1, 0.15) is 0 Å². The molecule has 0 spiro atoms. The number of nitrogens with zero attached hydrogens (tertiary/aromatic N) is 3. The second-order valence-corrected chi connectivity index (χ2v) is 2.06. The lowest BCUT2D eigenvalue weighted by atomic mass is 10.9. The zero-order valence-corrected chi connectivity index (χ0v) is 4.64. The van der Waals surface area contributed by atoms with Gasteiger partial charge in [-0.25, -0.2) is 4.98 Å². The van der Waals surface area contributed by atoms with Crippen LogP contribution in [-0.2, 0) is 0 Å². The summed E-state index contributed by atoms with van der Waals surface area (Å²) < 4.78 is 3.66. The first-order chi connectivity index (χ1) is 3.97. The number of aromatic nitrogens is 4. The first-order valence-corrected chi connectivity index (χ1v) is 2.85. The van der Waals surface area contributed by atoms with E-state index in [2.05, 4.69) is 19.6 Å². The standard InChI is InChI=1S/C3H2N4S/c1-4-2-3(5-1)8-7-6-2/h1H,(H,4,5). The van der Waals surface area contributed by atoms with Gasteiger partial charge in [0.2, 0.25) is 0 Å². The summed E-state index contributed by atoms with van der Waals surface area (Å²) in [4.78, 5) is 7.61. The fourth-order valence-corrected chi connectivity index (χ4v) is 0.999. The van der Waals surface area contributed by atoms with Gasteiger partial charge in [0.15, 0.2) is 10.5 Å². The van der Waals surface area contributed by atoms with Crippen LogP contribution in [0.4, 0.5) is 0 Å². The molecular weight excluding hydrogens is 124 g/mol. The van der Waals surface area contributed by atoms with Gasteiger partial charge in [0, 0.05) is 11.5 Å². The Hall–Kier alpha value is -0.970. The highest BCUT2D eigenvalue weighted by Gasteiger charge is 1.95. The van der Waals surface area contributed by atoms with Crippen LogP contribution in [0, 0.1) is 0 Å². The van der Waals surface area contributed by atoms with Crippen molar-refractivity contribution in [2.75, 3.05) is 0 Å². The minimum Gasteiger partial charge on any atom is -0.327 e. The highest BCUT2D eigenvalue weighted by molar-refractivity contribution is 7.12. The molecule has 2 aromatic rings. The minimum absolute atomic E-state index is 0.773. The van der Waals surface area contributed by atoms with E-state index in [9.17, 15) is 0 Å². The van der Waals surface area contributed by atoms with Crippen molar-refractivity contribution in [1.82, 2.24) is 19.6 Å². The molecule has 0 saturated carbocycles. The van der Waals surface area contributed by atoms with E-state index in [1.54, 1.807) is 6.33 Å². The fourth-order valence-electron chi connectivity index (χ4n) is 0.513. The Morgan fingerprint density at radius 2 is 2.62 bits per heavy atom. The summed E-state index contributed by atoms with van der Waals surface area (Å²) in [7, 11) is 0. The lowest BCUT2D eigenvalue weighted by Crippen LogP contribution is -1.63. The molecule has 0 atom stereocenters. The second-order valence-electron chi connectivity index (χ2n) is 1.33. The molecule has 0 radical (unpaired) electrons. The fraction of sp³-hybridized carbons (Fsp3) is 0. The average Bonchev–Trinajstić information content (AvgIpc) is 2.15. The zero-order valence-electron chi connectivity index (χ0n) is 3.83. The molecule has 0 aromatic carbocycles. The van der Waals surface area contributed by atoms with Gasteiger partial charge < -0.3 is 4.98 Å². The van der Waals surface area contributed by atoms with E-state index in [-0.39, 0.29) is 0 Å². The molecule has 0 saturated heterocycles. The van der Waals surface area contributed by atoms with E-state index in [4.69, 9.17) is 0 Å². The molecule has 0 aliphatic heterocycles. The predicted octanol–water partition coefficient (Wildman–Crippen LogP) is 0.414. The van der Waals surface area contributed by atoms with Gasteiger partial charge in [-0.15, -0.1) is 5.10 Å². The van der Waals surface area contributed by atoms with Crippen LogP contribution in [-0.4, -0.2) is 19.6 Å². The molecule has 0 fully saturated rings. The molecule has 0 unspecified atom stereocenters. The van der Waals surface area contributed by atoms with Gasteiger partial charge in [0.05, 0.1) is 6.33 Å². The van der Waals surface area contributed by atoms with Crippen LogP contribution < -0.4 is 0 Å². The quantitative estimate of drug-likeness (QED) is 0.556. The van der Waals surface area contributed by atoms with Crippen molar-refractivity contribution >= 4 is 22.0 Å². The third-order valence-corrected chi connectivity index (χ3v) is 1.49. The van der Waals surface area contributed by atoms with E-state index < -0.39 is 0 Å². The molecule has 0 aliphatic carbocycles. The average molecular weight is 126 g/mol. The Morgan fingerprint density at radius 3 is 3.50 bits per heavy atom. The van der Waals surface area contributed by atoms with Crippen molar-refractivity contribution in [1.29, 1.82) is 0 Å². The summed E-state index contributed by atoms with van der Waals surface area (Å²) >= 11 is 1.29. The van der Waals surface area contributed by atoms with Crippen LogP contribution in [0.2, 0.25) is 0 Å². The normalized spacial score (nSPS) is 10.5. The molecule has 40 valence electrons. The molecule has 5 heteroatoms. The van der Waals surface area contributed by atoms with E-state index in [1.165, 1.54) is 11.5 Å². The molecule has 1 N–H and O–H groups in total. The molecule has 0 bridgehead atoms. The third-order valence-electron chi connectivity index (χ3n) is 0.854. The number of hydrogen-bond acceptors (Lipinski definition) is 4. The van der Waals surface area contributed by atoms with Crippen molar-refractivity contribution in [2.24, 2.45) is 0 Å². The summed E-state index contributed by atoms with van der Waals surface area (Å²) in [5.41, 5.74) is 0.773. The van der Waals surface area contributed by atoms with Crippen LogP contribution in [0.25, 0.3) is 10.5 Å². The molecular formula is C3H2N4S. The summed E-state index contributed by atoms with van der Waals surface area (Å²) in [6.07, 6.45) is 1.61. The number of hydrogen-bond donors (Lipinski definition) is 1. The molecule has 8 heavy (non-hydrogen) atoms. The first kappa shape index (κ1) is 3.96. The summed E-state index contributed by atoms with van der Waals surface area (Å²) in [5, 5.41) is 3.73. The van der Waals surface area contributed by atoms with Crippen molar-refractivity contribution in [3.63, 3.8) is 0 Å². The van der Waals surface area contributed by atoms with Crippen molar-refractivity contribution in [3.05, 3.63) is 6.33 Å². The maximum absolute atomic E-state index is 3.92. The van der Waals surface area contributed by atoms with Gasteiger partial charge in [-0.3, -0.25) is 0 Å². The van der Waals surface area contributed by atoms with Crippen molar-refractivity contribution in [2.45, 2.75) is 0 Å². The Balaban J connectivity index is 3.06. The van der Waals surface area contributed by atoms with Crippen molar-refractivity contribution in [3.8, 4) is 0 Å². The smallest absolute Gasteiger partial charge is 0.192 e. The Bertz CT molecular complexity index is 233. The van der Waals surface area contributed by atoms with Crippen LogP contribution in [0.1, 0.15) is 0 Å². The maximum Gasteiger partial charge on any atom is 0.192 e. The third kappa shape index (κ3) is 0.362. The lowest BCUT2D eigenvalue weighted by molar-refractivity contribution is 1.16. The Kier molecular flexibility index (Phi) is 0.621. The number of imidazole rings is 1. The zero-order chi connectivity index (χ0) is 5.40. The van der Waals surface area contributed by atoms with Crippen LogP contribution in [0.5, 0.6) is 0 Å². The van der Waals surface area contributed by atoms with Crippen molar-refractivity contribution < 1.29 is 0 Å². The van der Waals surface area contributed by atoms with Gasteiger partial charge >= 0.3 is 0 Å². The van der Waals surface area contributed by atoms with Gasteiger partial charge in [-0.1, -0.05) is 4.49 Å². The number of H-pyrrole nitrogens is 1. The topological polar surface area (TPSA) is 54.5 Å². The molecule has 0 aliphatic rings. The maximum atomic E-state index is 3.92. The van der Waals surface area contributed by atoms with E-state index in [0.29, 0.717) is 0 Å². The number of aromatic amines is 1. The largest absolute Gasteiger partial charge is 0.327 e. The molecule has 4 nitrogen and oxygen atoms in total. The summed E-state index contributed by atoms with van der Waals surface area (Å²) in [6, 6.07) is 0. The Morgan fingerprint density at radius 1 is 1.62 bits per heavy atom. The SMILES string of the molecule is c1nc2snnc2[nH]1. The molecule has 2 heterocycles. The number of rotatable bonds is 0. The highest BCUT2D eigenvalue weighted by atomic mass is 32.1. The van der Waals surface area contributed by atoms with E-state index >= 15 is 0 Å². The minimum atomic E-state index is 0.773. The first-order valence-electron chi connectivity index (χ1n) is 2.08. The molecule has 0 amide bonds. The molecule has 2 aromatic heterocycles. The summed E-state index contributed by atoms with van der Waals surface area (Å²) in [5.74, 6) is 0. The van der Waals surface area contributed by atoms with Gasteiger partial charge in [-0.2, -0.15) is 0 Å². The predicted molar refractivity (Wildman–Crippen MR) is 29.6 cm³/mol.